The number of nitrogens with zero attached hydrogens (tertiary/aromatic N) is 2. The normalized spacial score (nSPS) is 11.7. The van der Waals surface area contributed by atoms with Gasteiger partial charge in [0.15, 0.2) is 5.78 Å². The number of ketones is 1. The second kappa shape index (κ2) is 12.4. The Morgan fingerprint density at radius 1 is 1.12 bits per heavy atom. The zero-order valence-corrected chi connectivity index (χ0v) is 21.3. The van der Waals surface area contributed by atoms with E-state index in [1.165, 1.54) is 7.11 Å². The molecule has 1 unspecified atom stereocenters. The summed E-state index contributed by atoms with van der Waals surface area (Å²) in [6.07, 6.45) is 0.585. The molecule has 0 aliphatic rings. The fourth-order valence-corrected chi connectivity index (χ4v) is 4.05. The predicted octanol–water partition coefficient (Wildman–Crippen LogP) is 3.97. The molecule has 1 aromatic heterocycles. The molecule has 0 aliphatic carbocycles. The third-order valence-electron chi connectivity index (χ3n) is 5.96. The maximum atomic E-state index is 13.7. The Kier molecular flexibility index (Phi) is 9.86. The van der Waals surface area contributed by atoms with Crippen molar-refractivity contribution in [2.24, 2.45) is 7.05 Å². The Hall–Kier alpha value is -3.13. The van der Waals surface area contributed by atoms with Crippen molar-refractivity contribution in [2.45, 2.75) is 47.1 Å². The lowest BCUT2D eigenvalue weighted by atomic mass is 9.99. The number of carbonyl (C=O) groups is 3. The van der Waals surface area contributed by atoms with Crippen LogP contribution < -0.4 is 4.74 Å². The van der Waals surface area contributed by atoms with E-state index < -0.39 is 12.0 Å². The van der Waals surface area contributed by atoms with Gasteiger partial charge in [0.25, 0.3) is 5.91 Å². The maximum Gasteiger partial charge on any atom is 0.355 e. The predicted molar refractivity (Wildman–Crippen MR) is 130 cm³/mol. The molecule has 1 aromatic carbocycles. The summed E-state index contributed by atoms with van der Waals surface area (Å²) in [7, 11) is 3.27. The van der Waals surface area contributed by atoms with E-state index in [1.54, 1.807) is 68.5 Å². The lowest BCUT2D eigenvalue weighted by molar-refractivity contribution is 0.0513. The van der Waals surface area contributed by atoms with Gasteiger partial charge in [0.2, 0.25) is 0 Å². The van der Waals surface area contributed by atoms with E-state index in [2.05, 4.69) is 0 Å². The van der Waals surface area contributed by atoms with Gasteiger partial charge in [0, 0.05) is 43.6 Å². The second-order valence-corrected chi connectivity index (χ2v) is 8.03. The van der Waals surface area contributed by atoms with Gasteiger partial charge in [-0.1, -0.05) is 6.07 Å². The highest BCUT2D eigenvalue weighted by molar-refractivity contribution is 6.07. The molecular weight excluding hydrogens is 436 g/mol. The number of aromatic nitrogens is 1. The first-order chi connectivity index (χ1) is 16.2. The second-order valence-electron chi connectivity index (χ2n) is 8.03. The number of methoxy groups -OCH3 is 1. The standard InChI is InChI=1S/C26H36N2O6/c1-8-33-15-11-14-28(25(30)20-12-10-13-21(16-20)32-7)19(5)24(29)22-17(3)23(26(31)34-9-2)27(6)18(22)4/h10,12-13,16,19H,8-9,11,14-15H2,1-7H3. The average molecular weight is 473 g/mol. The third-order valence-corrected chi connectivity index (χ3v) is 5.96. The van der Waals surface area contributed by atoms with Crippen LogP contribution in [-0.4, -0.2) is 66.6 Å². The van der Waals surface area contributed by atoms with Crippen molar-refractivity contribution in [3.8, 4) is 5.75 Å². The summed E-state index contributed by atoms with van der Waals surface area (Å²) >= 11 is 0. The molecule has 0 N–H and O–H groups in total. The number of rotatable bonds is 12. The van der Waals surface area contributed by atoms with Crippen molar-refractivity contribution >= 4 is 17.7 Å². The fourth-order valence-electron chi connectivity index (χ4n) is 4.05. The number of amides is 1. The first-order valence-electron chi connectivity index (χ1n) is 11.6. The summed E-state index contributed by atoms with van der Waals surface area (Å²) in [4.78, 5) is 41.2. The van der Waals surface area contributed by atoms with E-state index in [0.29, 0.717) is 60.0 Å². The molecular formula is C26H36N2O6. The molecule has 8 nitrogen and oxygen atoms in total. The summed E-state index contributed by atoms with van der Waals surface area (Å²) in [5.74, 6) is -0.409. The summed E-state index contributed by atoms with van der Waals surface area (Å²) in [5.41, 5.74) is 2.42. The molecule has 1 atom stereocenters. The van der Waals surface area contributed by atoms with E-state index in [0.717, 1.165) is 0 Å². The van der Waals surface area contributed by atoms with Gasteiger partial charge in [-0.25, -0.2) is 4.79 Å². The molecule has 2 rings (SSSR count). The zero-order valence-electron chi connectivity index (χ0n) is 21.3. The van der Waals surface area contributed by atoms with Crippen molar-refractivity contribution < 1.29 is 28.6 Å². The molecule has 2 aromatic rings. The molecule has 8 heteroatoms. The van der Waals surface area contributed by atoms with Crippen LogP contribution in [0.25, 0.3) is 0 Å². The highest BCUT2D eigenvalue weighted by Gasteiger charge is 2.32. The summed E-state index contributed by atoms with van der Waals surface area (Å²) in [6.45, 7) is 10.5. The lowest BCUT2D eigenvalue weighted by Crippen LogP contribution is -2.44. The molecule has 0 fully saturated rings. The summed E-state index contributed by atoms with van der Waals surface area (Å²) < 4.78 is 17.6. The van der Waals surface area contributed by atoms with E-state index in [9.17, 15) is 14.4 Å². The van der Waals surface area contributed by atoms with Crippen LogP contribution in [0.2, 0.25) is 0 Å². The minimum absolute atomic E-state index is 0.228. The van der Waals surface area contributed by atoms with Crippen LogP contribution in [0.3, 0.4) is 0 Å². The van der Waals surface area contributed by atoms with E-state index in [1.807, 2.05) is 6.92 Å². The number of ether oxygens (including phenoxy) is 3. The monoisotopic (exact) mass is 472 g/mol. The first-order valence-corrected chi connectivity index (χ1v) is 11.6. The van der Waals surface area contributed by atoms with Crippen molar-refractivity contribution in [3.63, 3.8) is 0 Å². The van der Waals surface area contributed by atoms with E-state index in [-0.39, 0.29) is 18.3 Å². The topological polar surface area (TPSA) is 87.1 Å². The number of Topliss-reactive ketones (excluding diaryl/α,β-unsaturated/α-hetero) is 1. The van der Waals surface area contributed by atoms with Gasteiger partial charge in [-0.2, -0.15) is 0 Å². The van der Waals surface area contributed by atoms with Gasteiger partial charge in [-0.3, -0.25) is 9.59 Å². The molecule has 0 aliphatic heterocycles. The van der Waals surface area contributed by atoms with Gasteiger partial charge in [0.1, 0.15) is 11.4 Å². The number of esters is 1. The van der Waals surface area contributed by atoms with Crippen molar-refractivity contribution in [1.82, 2.24) is 9.47 Å². The number of carbonyl (C=O) groups excluding carboxylic acids is 3. The average Bonchev–Trinajstić information content (AvgIpc) is 3.05. The molecule has 0 saturated heterocycles. The van der Waals surface area contributed by atoms with Crippen molar-refractivity contribution in [2.75, 3.05) is 33.5 Å². The number of hydrogen-bond donors (Lipinski definition) is 0. The van der Waals surface area contributed by atoms with Gasteiger partial charge in [-0.05, 0) is 64.8 Å². The van der Waals surface area contributed by atoms with E-state index >= 15 is 0 Å². The SMILES string of the molecule is CCOCCCN(C(=O)c1cccc(OC)c1)C(C)C(=O)c1c(C)c(C(=O)OCC)n(C)c1C. The van der Waals surface area contributed by atoms with Gasteiger partial charge >= 0.3 is 5.97 Å². The highest BCUT2D eigenvalue weighted by Crippen LogP contribution is 2.25. The number of benzene rings is 1. The Balaban J connectivity index is 2.43. The molecule has 0 bridgehead atoms. The van der Waals surface area contributed by atoms with Crippen LogP contribution in [0.5, 0.6) is 5.75 Å². The molecule has 0 radical (unpaired) electrons. The van der Waals surface area contributed by atoms with Gasteiger partial charge in [0.05, 0.1) is 19.8 Å². The minimum atomic E-state index is -0.754. The first kappa shape index (κ1) is 27.1. The van der Waals surface area contributed by atoms with Crippen LogP contribution in [0.4, 0.5) is 0 Å². The summed E-state index contributed by atoms with van der Waals surface area (Å²) in [6, 6.07) is 6.12. The van der Waals surface area contributed by atoms with Crippen LogP contribution in [0.1, 0.15) is 69.7 Å². The smallest absolute Gasteiger partial charge is 0.355 e. The van der Waals surface area contributed by atoms with Crippen LogP contribution >= 0.6 is 0 Å². The molecule has 0 saturated carbocycles. The maximum absolute atomic E-state index is 13.7. The molecule has 0 spiro atoms. The lowest BCUT2D eigenvalue weighted by Gasteiger charge is -2.29. The molecule has 34 heavy (non-hydrogen) atoms. The Morgan fingerprint density at radius 3 is 2.44 bits per heavy atom. The van der Waals surface area contributed by atoms with Gasteiger partial charge in [-0.15, -0.1) is 0 Å². The van der Waals surface area contributed by atoms with Crippen LogP contribution in [-0.2, 0) is 16.5 Å². The molecule has 1 amide bonds. The fraction of sp³-hybridized carbons (Fsp3) is 0.500. The highest BCUT2D eigenvalue weighted by atomic mass is 16.5. The zero-order chi connectivity index (χ0) is 25.4. The summed E-state index contributed by atoms with van der Waals surface area (Å²) in [5, 5.41) is 0. The van der Waals surface area contributed by atoms with Crippen LogP contribution in [0.15, 0.2) is 24.3 Å². The molecule has 186 valence electrons. The van der Waals surface area contributed by atoms with Crippen molar-refractivity contribution in [3.05, 3.63) is 52.3 Å². The van der Waals surface area contributed by atoms with Gasteiger partial charge < -0.3 is 23.7 Å². The minimum Gasteiger partial charge on any atom is -0.497 e. The quantitative estimate of drug-likeness (QED) is 0.264. The van der Waals surface area contributed by atoms with Crippen LogP contribution in [0, 0.1) is 13.8 Å². The largest absolute Gasteiger partial charge is 0.497 e. The van der Waals surface area contributed by atoms with Crippen molar-refractivity contribution in [1.29, 1.82) is 0 Å². The third kappa shape index (κ3) is 5.86. The Morgan fingerprint density at radius 2 is 1.82 bits per heavy atom. The Bertz CT molecular complexity index is 1030. The van der Waals surface area contributed by atoms with E-state index in [4.69, 9.17) is 14.2 Å². The number of hydrogen-bond acceptors (Lipinski definition) is 6. The molecule has 1 heterocycles. The Labute approximate surface area is 201 Å².